The maximum absolute atomic E-state index is 4.71. The van der Waals surface area contributed by atoms with Gasteiger partial charge in [0.2, 0.25) is 5.95 Å². The van der Waals surface area contributed by atoms with Gasteiger partial charge in [0.15, 0.2) is 0 Å². The summed E-state index contributed by atoms with van der Waals surface area (Å²) in [6.45, 7) is 2.19. The smallest absolute Gasteiger partial charge is 0.203 e. The fourth-order valence-electron chi connectivity index (χ4n) is 3.23. The van der Waals surface area contributed by atoms with E-state index in [1.54, 1.807) is 0 Å². The number of aromatic nitrogens is 2. The van der Waals surface area contributed by atoms with Gasteiger partial charge in [-0.15, -0.1) is 0 Å². The molecule has 0 saturated carbocycles. The number of benzene rings is 2. The van der Waals surface area contributed by atoms with Crippen LogP contribution in [0.1, 0.15) is 12.0 Å². The molecule has 21 heavy (non-hydrogen) atoms. The molecule has 1 aliphatic heterocycles. The van der Waals surface area contributed by atoms with Crippen LogP contribution in [0.2, 0.25) is 0 Å². The lowest BCUT2D eigenvalue weighted by Crippen LogP contribution is -2.21. The Kier molecular flexibility index (Phi) is 3.11. The number of H-pyrrole nitrogens is 1. The van der Waals surface area contributed by atoms with Gasteiger partial charge in [-0.1, -0.05) is 42.5 Å². The van der Waals surface area contributed by atoms with E-state index >= 15 is 0 Å². The fourth-order valence-corrected chi connectivity index (χ4v) is 3.23. The van der Waals surface area contributed by atoms with E-state index in [4.69, 9.17) is 4.98 Å². The quantitative estimate of drug-likeness (QED) is 0.792. The third-order valence-electron chi connectivity index (χ3n) is 4.33. The summed E-state index contributed by atoms with van der Waals surface area (Å²) in [6.07, 6.45) is 2.41. The van der Waals surface area contributed by atoms with Crippen LogP contribution in [0.15, 0.2) is 54.6 Å². The van der Waals surface area contributed by atoms with Crippen LogP contribution in [0, 0.1) is 5.92 Å². The first-order chi connectivity index (χ1) is 10.4. The second-order valence-electron chi connectivity index (χ2n) is 5.87. The maximum atomic E-state index is 4.71. The number of nitrogens with zero attached hydrogens (tertiary/aromatic N) is 2. The van der Waals surface area contributed by atoms with Crippen LogP contribution in [0.25, 0.3) is 11.0 Å². The van der Waals surface area contributed by atoms with Crippen molar-refractivity contribution in [3.63, 3.8) is 0 Å². The molecule has 1 saturated heterocycles. The summed E-state index contributed by atoms with van der Waals surface area (Å²) in [5, 5.41) is 0. The van der Waals surface area contributed by atoms with Crippen molar-refractivity contribution in [2.75, 3.05) is 18.0 Å². The van der Waals surface area contributed by atoms with Crippen LogP contribution in [0.4, 0.5) is 5.95 Å². The lowest BCUT2D eigenvalue weighted by molar-refractivity contribution is 0.586. The molecule has 1 atom stereocenters. The molecule has 1 fully saturated rings. The third-order valence-corrected chi connectivity index (χ3v) is 4.33. The van der Waals surface area contributed by atoms with E-state index in [0.29, 0.717) is 0 Å². The minimum absolute atomic E-state index is 0.723. The molecule has 2 aromatic carbocycles. The highest BCUT2D eigenvalue weighted by atomic mass is 15.3. The molecule has 1 aliphatic rings. The Hall–Kier alpha value is -2.29. The third kappa shape index (κ3) is 2.51. The molecule has 4 rings (SSSR count). The predicted molar refractivity (Wildman–Crippen MR) is 86.6 cm³/mol. The van der Waals surface area contributed by atoms with Gasteiger partial charge in [0.1, 0.15) is 0 Å². The number of anilines is 1. The maximum Gasteiger partial charge on any atom is 0.203 e. The van der Waals surface area contributed by atoms with Crippen LogP contribution in [-0.4, -0.2) is 23.1 Å². The summed E-state index contributed by atoms with van der Waals surface area (Å²) in [5.41, 5.74) is 3.62. The van der Waals surface area contributed by atoms with Crippen molar-refractivity contribution >= 4 is 17.0 Å². The summed E-state index contributed by atoms with van der Waals surface area (Å²) >= 11 is 0. The molecule has 0 bridgehead atoms. The molecule has 1 unspecified atom stereocenters. The number of para-hydroxylation sites is 2. The highest BCUT2D eigenvalue weighted by Crippen LogP contribution is 2.26. The Bertz CT molecular complexity index is 699. The van der Waals surface area contributed by atoms with E-state index in [0.717, 1.165) is 42.4 Å². The van der Waals surface area contributed by atoms with Gasteiger partial charge >= 0.3 is 0 Å². The highest BCUT2D eigenvalue weighted by molar-refractivity contribution is 5.77. The van der Waals surface area contributed by atoms with E-state index in [-0.39, 0.29) is 0 Å². The van der Waals surface area contributed by atoms with Gasteiger partial charge in [0.25, 0.3) is 0 Å². The zero-order chi connectivity index (χ0) is 14.1. The van der Waals surface area contributed by atoms with E-state index in [9.17, 15) is 0 Å². The van der Waals surface area contributed by atoms with Crippen LogP contribution in [0.5, 0.6) is 0 Å². The molecule has 1 aromatic heterocycles. The topological polar surface area (TPSA) is 31.9 Å². The number of imidazole rings is 1. The molecule has 106 valence electrons. The monoisotopic (exact) mass is 277 g/mol. The first-order valence-corrected chi connectivity index (χ1v) is 7.62. The summed E-state index contributed by atoms with van der Waals surface area (Å²) in [7, 11) is 0. The predicted octanol–water partition coefficient (Wildman–Crippen LogP) is 3.63. The molecule has 1 N–H and O–H groups in total. The summed E-state index contributed by atoms with van der Waals surface area (Å²) in [4.78, 5) is 10.5. The van der Waals surface area contributed by atoms with Gasteiger partial charge in [-0.3, -0.25) is 0 Å². The van der Waals surface area contributed by atoms with Gasteiger partial charge in [-0.2, -0.15) is 0 Å². The lowest BCUT2D eigenvalue weighted by Gasteiger charge is -2.15. The SMILES string of the molecule is c1ccc(CC2CCN(c3nc4ccccc4[nH]3)C2)cc1. The van der Waals surface area contributed by atoms with Crippen molar-refractivity contribution in [2.45, 2.75) is 12.8 Å². The first-order valence-electron chi connectivity index (χ1n) is 7.62. The van der Waals surface area contributed by atoms with Crippen molar-refractivity contribution in [1.82, 2.24) is 9.97 Å². The second kappa shape index (κ2) is 5.24. The highest BCUT2D eigenvalue weighted by Gasteiger charge is 2.24. The normalized spacial score (nSPS) is 18.5. The zero-order valence-corrected chi connectivity index (χ0v) is 12.0. The number of fused-ring (bicyclic) bond motifs is 1. The molecule has 3 nitrogen and oxygen atoms in total. The lowest BCUT2D eigenvalue weighted by atomic mass is 9.99. The van der Waals surface area contributed by atoms with Crippen LogP contribution in [0.3, 0.4) is 0 Å². The van der Waals surface area contributed by atoms with Crippen molar-refractivity contribution in [3.05, 3.63) is 60.2 Å². The molecule has 0 amide bonds. The van der Waals surface area contributed by atoms with Gasteiger partial charge in [0, 0.05) is 13.1 Å². The molecule has 0 spiro atoms. The Morgan fingerprint density at radius 3 is 2.71 bits per heavy atom. The fraction of sp³-hybridized carbons (Fsp3) is 0.278. The second-order valence-corrected chi connectivity index (χ2v) is 5.87. The average molecular weight is 277 g/mol. The molecule has 3 heteroatoms. The van der Waals surface area contributed by atoms with Crippen LogP contribution in [-0.2, 0) is 6.42 Å². The van der Waals surface area contributed by atoms with Crippen molar-refractivity contribution < 1.29 is 0 Å². The number of nitrogens with one attached hydrogen (secondary N) is 1. The van der Waals surface area contributed by atoms with Gasteiger partial charge in [0.05, 0.1) is 11.0 Å². The molecular weight excluding hydrogens is 258 g/mol. The molecule has 0 radical (unpaired) electrons. The van der Waals surface area contributed by atoms with Crippen LogP contribution < -0.4 is 4.90 Å². The van der Waals surface area contributed by atoms with E-state index < -0.39 is 0 Å². The number of hydrogen-bond acceptors (Lipinski definition) is 2. The summed E-state index contributed by atoms with van der Waals surface area (Å²) in [5.74, 6) is 1.74. The molecule has 3 aromatic rings. The Morgan fingerprint density at radius 2 is 1.86 bits per heavy atom. The van der Waals surface area contributed by atoms with Crippen molar-refractivity contribution in [1.29, 1.82) is 0 Å². The molecule has 2 heterocycles. The minimum Gasteiger partial charge on any atom is -0.342 e. The standard InChI is InChI=1S/C18H19N3/c1-2-6-14(7-3-1)12-15-10-11-21(13-15)18-19-16-8-4-5-9-17(16)20-18/h1-9,15H,10-13H2,(H,19,20). The Morgan fingerprint density at radius 1 is 1.05 bits per heavy atom. The largest absolute Gasteiger partial charge is 0.342 e. The van der Waals surface area contributed by atoms with E-state index in [2.05, 4.69) is 52.3 Å². The Labute approximate surface area is 124 Å². The van der Waals surface area contributed by atoms with Gasteiger partial charge in [-0.25, -0.2) is 4.98 Å². The first kappa shape index (κ1) is 12.5. The zero-order valence-electron chi connectivity index (χ0n) is 12.0. The van der Waals surface area contributed by atoms with Gasteiger partial charge in [-0.05, 0) is 36.5 Å². The number of hydrogen-bond donors (Lipinski definition) is 1. The number of aromatic amines is 1. The van der Waals surface area contributed by atoms with Gasteiger partial charge < -0.3 is 9.88 Å². The van der Waals surface area contributed by atoms with E-state index in [1.807, 2.05) is 12.1 Å². The van der Waals surface area contributed by atoms with Crippen molar-refractivity contribution in [3.8, 4) is 0 Å². The van der Waals surface area contributed by atoms with Crippen molar-refractivity contribution in [2.24, 2.45) is 5.92 Å². The van der Waals surface area contributed by atoms with E-state index in [1.165, 1.54) is 12.0 Å². The number of rotatable bonds is 3. The minimum atomic E-state index is 0.723. The summed E-state index contributed by atoms with van der Waals surface area (Å²) in [6, 6.07) is 19.0. The van der Waals surface area contributed by atoms with Crippen LogP contribution >= 0.6 is 0 Å². The average Bonchev–Trinajstić information content (AvgIpc) is 3.14. The molecular formula is C18H19N3. The Balaban J connectivity index is 1.48. The molecule has 0 aliphatic carbocycles. The summed E-state index contributed by atoms with van der Waals surface area (Å²) < 4.78 is 0.